The minimum Gasteiger partial charge on any atom is -0.480 e. The number of amides is 2. The van der Waals surface area contributed by atoms with E-state index in [1.807, 2.05) is 6.07 Å². The van der Waals surface area contributed by atoms with Gasteiger partial charge in [0.1, 0.15) is 6.61 Å². The van der Waals surface area contributed by atoms with Crippen LogP contribution in [0.1, 0.15) is 18.5 Å². The molecule has 3 rings (SSSR count). The number of carbonyl (C=O) groups is 2. The number of rotatable bonds is 7. The van der Waals surface area contributed by atoms with Gasteiger partial charge in [0.25, 0.3) is 0 Å². The first-order chi connectivity index (χ1) is 14.0. The average molecular weight is 397 g/mol. The predicted molar refractivity (Wildman–Crippen MR) is 103 cm³/mol. The third kappa shape index (κ3) is 4.52. The van der Waals surface area contributed by atoms with E-state index in [0.29, 0.717) is 5.56 Å². The molecule has 0 aliphatic carbocycles. The van der Waals surface area contributed by atoms with Crippen LogP contribution < -0.4 is 15.4 Å². The van der Waals surface area contributed by atoms with Crippen LogP contribution in [0.2, 0.25) is 0 Å². The summed E-state index contributed by atoms with van der Waals surface area (Å²) in [7, 11) is 0. The molecule has 2 aromatic rings. The number of para-hydroxylation sites is 2. The van der Waals surface area contributed by atoms with Gasteiger partial charge in [0, 0.05) is 6.07 Å². The van der Waals surface area contributed by atoms with Gasteiger partial charge in [-0.15, -0.1) is 0 Å². The van der Waals surface area contributed by atoms with Crippen molar-refractivity contribution in [1.82, 2.24) is 10.6 Å². The Labute approximate surface area is 166 Å². The Hall–Kier alpha value is -3.88. The maximum Gasteiger partial charge on any atom is 0.338 e. The van der Waals surface area contributed by atoms with Gasteiger partial charge in [-0.1, -0.05) is 42.5 Å². The number of nitro benzene ring substituents is 1. The number of benzene rings is 2. The van der Waals surface area contributed by atoms with Crippen molar-refractivity contribution in [2.75, 3.05) is 13.2 Å². The molecule has 0 bridgehead atoms. The van der Waals surface area contributed by atoms with Crippen LogP contribution in [-0.4, -0.2) is 30.1 Å². The molecule has 1 heterocycles. The molecular weight excluding hydrogens is 378 g/mol. The van der Waals surface area contributed by atoms with E-state index in [0.717, 1.165) is 0 Å². The summed E-state index contributed by atoms with van der Waals surface area (Å²) in [4.78, 5) is 35.5. The lowest BCUT2D eigenvalue weighted by atomic mass is 9.95. The number of carbonyl (C=O) groups excluding carboxylic acids is 2. The highest BCUT2D eigenvalue weighted by atomic mass is 16.6. The standard InChI is InChI=1S/C20H19N3O6/c1-2-28-19(24)17-14(12-29-16-11-7-6-10-15(16)23(26)27)21-20(25)22-18(17)13-8-4-3-5-9-13/h3-11,18H,2,12H2,1H3,(H2,21,22,25). The molecule has 0 fully saturated rings. The molecule has 9 heteroatoms. The lowest BCUT2D eigenvalue weighted by molar-refractivity contribution is -0.385. The molecule has 2 aromatic carbocycles. The number of esters is 1. The second-order valence-corrected chi connectivity index (χ2v) is 6.07. The highest BCUT2D eigenvalue weighted by molar-refractivity contribution is 5.95. The molecule has 0 saturated heterocycles. The summed E-state index contributed by atoms with van der Waals surface area (Å²) in [6.45, 7) is 1.57. The average Bonchev–Trinajstić information content (AvgIpc) is 2.72. The summed E-state index contributed by atoms with van der Waals surface area (Å²) in [5, 5.41) is 16.4. The SMILES string of the molecule is CCOC(=O)C1=C(COc2ccccc2[N+](=O)[O-])NC(=O)NC1c1ccccc1. The van der Waals surface area contributed by atoms with Gasteiger partial charge in [-0.05, 0) is 18.6 Å². The van der Waals surface area contributed by atoms with Crippen LogP contribution in [-0.2, 0) is 9.53 Å². The normalized spacial score (nSPS) is 15.9. The fourth-order valence-corrected chi connectivity index (χ4v) is 2.96. The summed E-state index contributed by atoms with van der Waals surface area (Å²) in [5.74, 6) is -0.590. The number of urea groups is 1. The smallest absolute Gasteiger partial charge is 0.338 e. The molecule has 0 spiro atoms. The molecule has 0 aromatic heterocycles. The summed E-state index contributed by atoms with van der Waals surface area (Å²) < 4.78 is 10.7. The lowest BCUT2D eigenvalue weighted by Crippen LogP contribution is -2.47. The fraction of sp³-hybridized carbons (Fsp3) is 0.200. The molecule has 1 aliphatic rings. The van der Waals surface area contributed by atoms with Crippen LogP contribution in [0.4, 0.5) is 10.5 Å². The van der Waals surface area contributed by atoms with Gasteiger partial charge < -0.3 is 20.1 Å². The molecule has 0 saturated carbocycles. The Kier molecular flexibility index (Phi) is 6.08. The van der Waals surface area contributed by atoms with Crippen LogP contribution in [0.25, 0.3) is 0 Å². The second kappa shape index (κ2) is 8.87. The zero-order chi connectivity index (χ0) is 20.8. The van der Waals surface area contributed by atoms with Crippen molar-refractivity contribution in [3.8, 4) is 5.75 Å². The molecular formula is C20H19N3O6. The van der Waals surface area contributed by atoms with Crippen molar-refractivity contribution >= 4 is 17.7 Å². The van der Waals surface area contributed by atoms with Gasteiger partial charge >= 0.3 is 17.7 Å². The molecule has 1 aliphatic heterocycles. The van der Waals surface area contributed by atoms with Crippen molar-refractivity contribution < 1.29 is 24.0 Å². The number of ether oxygens (including phenoxy) is 2. The molecule has 2 amide bonds. The van der Waals surface area contributed by atoms with E-state index in [1.165, 1.54) is 18.2 Å². The molecule has 150 valence electrons. The topological polar surface area (TPSA) is 120 Å². The largest absolute Gasteiger partial charge is 0.480 e. The van der Waals surface area contributed by atoms with E-state index >= 15 is 0 Å². The van der Waals surface area contributed by atoms with Gasteiger partial charge in [-0.2, -0.15) is 0 Å². The number of hydrogen-bond donors (Lipinski definition) is 2. The first kappa shape index (κ1) is 19.9. The second-order valence-electron chi connectivity index (χ2n) is 6.07. The van der Waals surface area contributed by atoms with E-state index in [9.17, 15) is 19.7 Å². The quantitative estimate of drug-likeness (QED) is 0.421. The first-order valence-electron chi connectivity index (χ1n) is 8.90. The lowest BCUT2D eigenvalue weighted by Gasteiger charge is -2.29. The van der Waals surface area contributed by atoms with Crippen molar-refractivity contribution in [3.63, 3.8) is 0 Å². The summed E-state index contributed by atoms with van der Waals surface area (Å²) in [6.07, 6.45) is 0. The summed E-state index contributed by atoms with van der Waals surface area (Å²) in [5.41, 5.74) is 0.828. The van der Waals surface area contributed by atoms with Gasteiger partial charge in [0.15, 0.2) is 5.75 Å². The van der Waals surface area contributed by atoms with Gasteiger partial charge in [0.2, 0.25) is 0 Å². The molecule has 9 nitrogen and oxygen atoms in total. The van der Waals surface area contributed by atoms with Crippen molar-refractivity contribution in [2.45, 2.75) is 13.0 Å². The minimum atomic E-state index is -0.742. The highest BCUT2D eigenvalue weighted by Gasteiger charge is 2.34. The molecule has 0 radical (unpaired) electrons. The number of hydrogen-bond acceptors (Lipinski definition) is 6. The number of nitrogens with one attached hydrogen (secondary N) is 2. The van der Waals surface area contributed by atoms with Gasteiger partial charge in [-0.3, -0.25) is 10.1 Å². The van der Waals surface area contributed by atoms with Gasteiger partial charge in [0.05, 0.1) is 28.8 Å². The zero-order valence-corrected chi connectivity index (χ0v) is 15.6. The Morgan fingerprint density at radius 1 is 1.14 bits per heavy atom. The maximum atomic E-state index is 12.7. The maximum absolute atomic E-state index is 12.7. The van der Waals surface area contributed by atoms with E-state index < -0.39 is 23.0 Å². The van der Waals surface area contributed by atoms with Crippen LogP contribution >= 0.6 is 0 Å². The number of nitro groups is 1. The van der Waals surface area contributed by atoms with Crippen molar-refractivity contribution in [2.24, 2.45) is 0 Å². The van der Waals surface area contributed by atoms with Crippen molar-refractivity contribution in [1.29, 1.82) is 0 Å². The summed E-state index contributed by atoms with van der Waals surface area (Å²) in [6, 6.07) is 13.5. The monoisotopic (exact) mass is 397 g/mol. The van der Waals surface area contributed by atoms with E-state index in [2.05, 4.69) is 10.6 Å². The Balaban J connectivity index is 1.98. The molecule has 1 atom stereocenters. The Bertz CT molecular complexity index is 958. The van der Waals surface area contributed by atoms with Crippen LogP contribution in [0, 0.1) is 10.1 Å². The van der Waals surface area contributed by atoms with E-state index in [1.54, 1.807) is 37.3 Å². The minimum absolute atomic E-state index is 0.0252. The fourth-order valence-electron chi connectivity index (χ4n) is 2.96. The van der Waals surface area contributed by atoms with Crippen LogP contribution in [0.15, 0.2) is 65.9 Å². The third-order valence-corrected chi connectivity index (χ3v) is 4.22. The summed E-state index contributed by atoms with van der Waals surface area (Å²) >= 11 is 0. The Morgan fingerprint density at radius 2 is 1.83 bits per heavy atom. The van der Waals surface area contributed by atoms with Crippen LogP contribution in [0.3, 0.4) is 0 Å². The molecule has 2 N–H and O–H groups in total. The highest BCUT2D eigenvalue weighted by Crippen LogP contribution is 2.30. The van der Waals surface area contributed by atoms with Crippen molar-refractivity contribution in [3.05, 3.63) is 81.5 Å². The first-order valence-corrected chi connectivity index (χ1v) is 8.90. The predicted octanol–water partition coefficient (Wildman–Crippen LogP) is 2.84. The molecule has 1 unspecified atom stereocenters. The molecule has 29 heavy (non-hydrogen) atoms. The van der Waals surface area contributed by atoms with E-state index in [4.69, 9.17) is 9.47 Å². The zero-order valence-electron chi connectivity index (χ0n) is 15.6. The van der Waals surface area contributed by atoms with Gasteiger partial charge in [-0.25, -0.2) is 9.59 Å². The van der Waals surface area contributed by atoms with Crippen LogP contribution in [0.5, 0.6) is 5.75 Å². The number of nitrogens with zero attached hydrogens (tertiary/aromatic N) is 1. The van der Waals surface area contributed by atoms with E-state index in [-0.39, 0.29) is 35.9 Å². The third-order valence-electron chi connectivity index (χ3n) is 4.22. The Morgan fingerprint density at radius 3 is 2.52 bits per heavy atom.